The van der Waals surface area contributed by atoms with Crippen LogP contribution in [0.5, 0.6) is 0 Å². The Hall–Kier alpha value is -0.570. The molecule has 1 atom stereocenters. The van der Waals surface area contributed by atoms with Gasteiger partial charge in [-0.05, 0) is 56.2 Å². The highest BCUT2D eigenvalue weighted by atomic mass is 35.5. The van der Waals surface area contributed by atoms with E-state index in [2.05, 4.69) is 6.07 Å². The van der Waals surface area contributed by atoms with Crippen molar-refractivity contribution in [1.29, 1.82) is 0 Å². The summed E-state index contributed by atoms with van der Waals surface area (Å²) in [7, 11) is 0. The van der Waals surface area contributed by atoms with Crippen LogP contribution in [-0.2, 0) is 4.74 Å². The van der Waals surface area contributed by atoms with Gasteiger partial charge in [-0.25, -0.2) is 0 Å². The maximum absolute atomic E-state index is 6.24. The van der Waals surface area contributed by atoms with Gasteiger partial charge in [0.1, 0.15) is 0 Å². The molecule has 0 heterocycles. The van der Waals surface area contributed by atoms with Crippen molar-refractivity contribution in [2.24, 2.45) is 11.7 Å². The number of benzene rings is 1. The minimum absolute atomic E-state index is 0.0932. The number of hydrogen-bond acceptors (Lipinski definition) is 2. The largest absolute Gasteiger partial charge is 0.378 e. The molecule has 18 heavy (non-hydrogen) atoms. The third-order valence-electron chi connectivity index (χ3n) is 3.81. The maximum atomic E-state index is 6.24. The van der Waals surface area contributed by atoms with Gasteiger partial charge < -0.3 is 10.5 Å². The summed E-state index contributed by atoms with van der Waals surface area (Å²) in [6.07, 6.45) is 3.81. The Labute approximate surface area is 114 Å². The highest BCUT2D eigenvalue weighted by molar-refractivity contribution is 6.31. The van der Waals surface area contributed by atoms with Crippen LogP contribution in [0.1, 0.15) is 43.4 Å². The van der Waals surface area contributed by atoms with E-state index in [-0.39, 0.29) is 6.04 Å². The van der Waals surface area contributed by atoms with Gasteiger partial charge in [-0.1, -0.05) is 23.7 Å². The Morgan fingerprint density at radius 1 is 1.44 bits per heavy atom. The summed E-state index contributed by atoms with van der Waals surface area (Å²) >= 11 is 6.13. The molecule has 1 aromatic rings. The van der Waals surface area contributed by atoms with Crippen molar-refractivity contribution in [3.63, 3.8) is 0 Å². The van der Waals surface area contributed by atoms with E-state index in [1.165, 1.54) is 0 Å². The van der Waals surface area contributed by atoms with Gasteiger partial charge in [-0.15, -0.1) is 0 Å². The van der Waals surface area contributed by atoms with E-state index in [9.17, 15) is 0 Å². The van der Waals surface area contributed by atoms with E-state index >= 15 is 0 Å². The molecule has 1 unspecified atom stereocenters. The lowest BCUT2D eigenvalue weighted by molar-refractivity contribution is -0.0282. The van der Waals surface area contributed by atoms with Gasteiger partial charge in [-0.3, -0.25) is 0 Å². The normalized spacial score (nSPS) is 24.7. The van der Waals surface area contributed by atoms with Gasteiger partial charge in [0.15, 0.2) is 0 Å². The van der Waals surface area contributed by atoms with Crippen LogP contribution in [-0.4, -0.2) is 12.7 Å². The summed E-state index contributed by atoms with van der Waals surface area (Å²) in [6.45, 7) is 4.88. The lowest BCUT2D eigenvalue weighted by Gasteiger charge is -2.36. The Kier molecular flexibility index (Phi) is 4.66. The maximum Gasteiger partial charge on any atom is 0.0580 e. The summed E-state index contributed by atoms with van der Waals surface area (Å²) in [6, 6.07) is 6.22. The second-order valence-electron chi connectivity index (χ2n) is 5.27. The zero-order valence-corrected chi connectivity index (χ0v) is 11.9. The van der Waals surface area contributed by atoms with Crippen LogP contribution in [0.4, 0.5) is 0 Å². The van der Waals surface area contributed by atoms with Crippen LogP contribution in [0.2, 0.25) is 5.02 Å². The third-order valence-corrected chi connectivity index (χ3v) is 4.21. The first-order valence-corrected chi connectivity index (χ1v) is 7.11. The van der Waals surface area contributed by atoms with Crippen LogP contribution < -0.4 is 5.73 Å². The molecule has 2 N–H and O–H groups in total. The average Bonchev–Trinajstić information content (AvgIpc) is 2.30. The van der Waals surface area contributed by atoms with E-state index in [1.54, 1.807) is 0 Å². The lowest BCUT2D eigenvalue weighted by atomic mass is 9.77. The second kappa shape index (κ2) is 6.05. The summed E-state index contributed by atoms with van der Waals surface area (Å²) < 4.78 is 5.57. The Bertz CT molecular complexity index is 401. The molecule has 0 radical (unpaired) electrons. The molecular formula is C15H22ClNO. The summed E-state index contributed by atoms with van der Waals surface area (Å²) in [5, 5.41) is 0.809. The molecule has 0 saturated heterocycles. The molecule has 1 aromatic carbocycles. The summed E-state index contributed by atoms with van der Waals surface area (Å²) in [5.41, 5.74) is 8.49. The first kappa shape index (κ1) is 13.9. The van der Waals surface area contributed by atoms with Crippen LogP contribution in [0.3, 0.4) is 0 Å². The van der Waals surface area contributed by atoms with Gasteiger partial charge in [-0.2, -0.15) is 0 Å². The fourth-order valence-corrected chi connectivity index (χ4v) is 2.76. The minimum atomic E-state index is 0.0932. The minimum Gasteiger partial charge on any atom is -0.378 e. The molecule has 1 fully saturated rings. The van der Waals surface area contributed by atoms with Crippen LogP contribution in [0.15, 0.2) is 18.2 Å². The van der Waals surface area contributed by atoms with Gasteiger partial charge in [0, 0.05) is 17.7 Å². The summed E-state index contributed by atoms with van der Waals surface area (Å²) in [4.78, 5) is 0. The first-order valence-electron chi connectivity index (χ1n) is 6.73. The molecule has 3 heteroatoms. The number of ether oxygens (including phenoxy) is 1. The molecule has 0 aliphatic heterocycles. The van der Waals surface area contributed by atoms with E-state index in [0.29, 0.717) is 12.0 Å². The van der Waals surface area contributed by atoms with Crippen molar-refractivity contribution in [2.75, 3.05) is 6.61 Å². The molecule has 2 rings (SSSR count). The second-order valence-corrected chi connectivity index (χ2v) is 5.67. The Balaban J connectivity index is 1.85. The molecule has 0 bridgehead atoms. The standard InChI is InChI=1S/C15H22ClNO/c1-3-18-13-6-11(7-13)8-15(17)12-5-4-10(2)14(16)9-12/h4-5,9,11,13,15H,3,6-8,17H2,1-2H3. The van der Waals surface area contributed by atoms with Gasteiger partial charge in [0.05, 0.1) is 6.10 Å². The quantitative estimate of drug-likeness (QED) is 0.879. The zero-order chi connectivity index (χ0) is 13.1. The molecule has 1 aliphatic rings. The Morgan fingerprint density at radius 3 is 2.78 bits per heavy atom. The van der Waals surface area contributed by atoms with Crippen molar-refractivity contribution in [3.8, 4) is 0 Å². The van der Waals surface area contributed by atoms with E-state index in [1.807, 2.05) is 26.0 Å². The number of hydrogen-bond donors (Lipinski definition) is 1. The lowest BCUT2D eigenvalue weighted by Crippen LogP contribution is -2.33. The number of rotatable bonds is 5. The number of nitrogens with two attached hydrogens (primary N) is 1. The highest BCUT2D eigenvalue weighted by Crippen LogP contribution is 2.36. The monoisotopic (exact) mass is 267 g/mol. The number of aryl methyl sites for hydroxylation is 1. The fourth-order valence-electron chi connectivity index (χ4n) is 2.57. The fraction of sp³-hybridized carbons (Fsp3) is 0.600. The van der Waals surface area contributed by atoms with Crippen molar-refractivity contribution >= 4 is 11.6 Å². The van der Waals surface area contributed by atoms with E-state index in [4.69, 9.17) is 22.1 Å². The van der Waals surface area contributed by atoms with Gasteiger partial charge in [0.2, 0.25) is 0 Å². The van der Waals surface area contributed by atoms with Crippen molar-refractivity contribution in [2.45, 2.75) is 45.3 Å². The van der Waals surface area contributed by atoms with Crippen molar-refractivity contribution in [1.82, 2.24) is 0 Å². The highest BCUT2D eigenvalue weighted by Gasteiger charge is 2.30. The molecule has 0 amide bonds. The zero-order valence-electron chi connectivity index (χ0n) is 11.2. The number of halogens is 1. The smallest absolute Gasteiger partial charge is 0.0580 e. The van der Waals surface area contributed by atoms with Crippen molar-refractivity contribution < 1.29 is 4.74 Å². The van der Waals surface area contributed by atoms with Gasteiger partial charge in [0.25, 0.3) is 0 Å². The van der Waals surface area contributed by atoms with E-state index < -0.39 is 0 Å². The van der Waals surface area contributed by atoms with Crippen LogP contribution in [0, 0.1) is 12.8 Å². The van der Waals surface area contributed by atoms with Crippen molar-refractivity contribution in [3.05, 3.63) is 34.3 Å². The first-order chi connectivity index (χ1) is 8.60. The van der Waals surface area contributed by atoms with Crippen LogP contribution in [0.25, 0.3) is 0 Å². The Morgan fingerprint density at radius 2 is 2.17 bits per heavy atom. The van der Waals surface area contributed by atoms with E-state index in [0.717, 1.165) is 42.0 Å². The van der Waals surface area contributed by atoms with Gasteiger partial charge >= 0.3 is 0 Å². The van der Waals surface area contributed by atoms with Crippen LogP contribution >= 0.6 is 11.6 Å². The predicted octanol–water partition coefficient (Wildman–Crippen LogP) is 3.85. The molecule has 2 nitrogen and oxygen atoms in total. The molecule has 1 saturated carbocycles. The molecule has 1 aliphatic carbocycles. The SMILES string of the molecule is CCOC1CC(CC(N)c2ccc(C)c(Cl)c2)C1. The third kappa shape index (κ3) is 3.25. The topological polar surface area (TPSA) is 35.2 Å². The average molecular weight is 268 g/mol. The molecule has 100 valence electrons. The predicted molar refractivity (Wildman–Crippen MR) is 75.9 cm³/mol. The summed E-state index contributed by atoms with van der Waals surface area (Å²) in [5.74, 6) is 0.705. The molecule has 0 aromatic heterocycles. The molecule has 0 spiro atoms. The molecular weight excluding hydrogens is 246 g/mol.